The summed E-state index contributed by atoms with van der Waals surface area (Å²) < 4.78 is 4.82. The van der Waals surface area contributed by atoms with Gasteiger partial charge in [0.2, 0.25) is 0 Å². The van der Waals surface area contributed by atoms with E-state index in [-0.39, 0.29) is 0 Å². The van der Waals surface area contributed by atoms with E-state index in [1.165, 1.54) is 50.5 Å². The second kappa shape index (κ2) is 9.60. The maximum absolute atomic E-state index is 10.3. The quantitative estimate of drug-likeness (QED) is 0.434. The van der Waals surface area contributed by atoms with E-state index in [0.717, 1.165) is 0 Å². The lowest BCUT2D eigenvalue weighted by atomic mass is 9.91. The minimum atomic E-state index is 0.472. The zero-order chi connectivity index (χ0) is 13.9. The predicted molar refractivity (Wildman–Crippen MR) is 79.5 cm³/mol. The Kier molecular flexibility index (Phi) is 7.95. The Bertz CT molecular complexity index is 343. The van der Waals surface area contributed by atoms with Crippen LogP contribution in [0.15, 0.2) is 24.3 Å². The van der Waals surface area contributed by atoms with Gasteiger partial charge in [-0.25, -0.2) is 0 Å². The van der Waals surface area contributed by atoms with Crippen molar-refractivity contribution in [2.24, 2.45) is 0 Å². The van der Waals surface area contributed by atoms with E-state index in [4.69, 9.17) is 4.74 Å². The largest absolute Gasteiger partial charge is 0.429 e. The molecule has 0 aliphatic heterocycles. The fourth-order valence-electron chi connectivity index (χ4n) is 2.47. The number of unbranched alkanes of at least 4 members (excludes halogenated alkanes) is 4. The van der Waals surface area contributed by atoms with Gasteiger partial charge in [-0.2, -0.15) is 0 Å². The van der Waals surface area contributed by atoms with Crippen molar-refractivity contribution < 1.29 is 9.53 Å². The van der Waals surface area contributed by atoms with Crippen molar-refractivity contribution in [3.8, 4) is 5.75 Å². The first-order valence-electron chi connectivity index (χ1n) is 7.52. The lowest BCUT2D eigenvalue weighted by Gasteiger charge is -2.15. The second-order valence-electron chi connectivity index (χ2n) is 5.09. The molecule has 0 heterocycles. The van der Waals surface area contributed by atoms with Crippen molar-refractivity contribution >= 4 is 6.47 Å². The van der Waals surface area contributed by atoms with Gasteiger partial charge in [0.25, 0.3) is 6.47 Å². The summed E-state index contributed by atoms with van der Waals surface area (Å²) in [4.78, 5) is 10.3. The van der Waals surface area contributed by atoms with Gasteiger partial charge in [-0.15, -0.1) is 0 Å². The molecule has 1 unspecified atom stereocenters. The van der Waals surface area contributed by atoms with Crippen LogP contribution in [0.5, 0.6) is 5.75 Å². The standard InChI is InChI=1S/C17H26O2/c1-3-5-6-7-8-9-15(4-2)16-10-12-17(13-11-16)19-14-18/h10-15H,3-9H2,1-2H3. The molecule has 0 aliphatic carbocycles. The Hall–Kier alpha value is -1.31. The third-order valence-electron chi connectivity index (χ3n) is 3.68. The van der Waals surface area contributed by atoms with Gasteiger partial charge >= 0.3 is 0 Å². The van der Waals surface area contributed by atoms with E-state index in [1.807, 2.05) is 12.1 Å². The van der Waals surface area contributed by atoms with Crippen molar-refractivity contribution in [1.82, 2.24) is 0 Å². The van der Waals surface area contributed by atoms with Gasteiger partial charge in [0.15, 0.2) is 0 Å². The maximum atomic E-state index is 10.3. The number of carbonyl (C=O) groups is 1. The molecule has 0 radical (unpaired) electrons. The lowest BCUT2D eigenvalue weighted by molar-refractivity contribution is -0.120. The number of ether oxygens (including phenoxy) is 1. The molecule has 106 valence electrons. The van der Waals surface area contributed by atoms with Crippen LogP contribution in [0, 0.1) is 0 Å². The van der Waals surface area contributed by atoms with Crippen LogP contribution < -0.4 is 4.74 Å². The number of carbonyl (C=O) groups excluding carboxylic acids is 1. The first-order valence-corrected chi connectivity index (χ1v) is 7.52. The topological polar surface area (TPSA) is 26.3 Å². The van der Waals surface area contributed by atoms with Crippen LogP contribution in [-0.2, 0) is 4.79 Å². The second-order valence-corrected chi connectivity index (χ2v) is 5.09. The summed E-state index contributed by atoms with van der Waals surface area (Å²) in [6, 6.07) is 7.92. The Morgan fingerprint density at radius 2 is 1.74 bits per heavy atom. The van der Waals surface area contributed by atoms with E-state index in [9.17, 15) is 4.79 Å². The molecule has 0 fully saturated rings. The summed E-state index contributed by atoms with van der Waals surface area (Å²) in [6.45, 7) is 4.96. The molecule has 0 bridgehead atoms. The molecular weight excluding hydrogens is 236 g/mol. The highest BCUT2D eigenvalue weighted by atomic mass is 16.5. The highest BCUT2D eigenvalue weighted by Crippen LogP contribution is 2.27. The molecule has 2 nitrogen and oxygen atoms in total. The molecule has 0 spiro atoms. The fraction of sp³-hybridized carbons (Fsp3) is 0.588. The van der Waals surface area contributed by atoms with Gasteiger partial charge in [-0.05, 0) is 36.5 Å². The molecule has 1 atom stereocenters. The van der Waals surface area contributed by atoms with Crippen molar-refractivity contribution in [2.45, 2.75) is 64.7 Å². The Morgan fingerprint density at radius 1 is 1.05 bits per heavy atom. The zero-order valence-electron chi connectivity index (χ0n) is 12.2. The summed E-state index contributed by atoms with van der Waals surface area (Å²) in [6.07, 6.45) is 9.10. The van der Waals surface area contributed by atoms with Crippen LogP contribution in [0.2, 0.25) is 0 Å². The first kappa shape index (κ1) is 15.7. The molecule has 1 rings (SSSR count). The summed E-state index contributed by atoms with van der Waals surface area (Å²) in [5.41, 5.74) is 1.36. The molecule has 0 aliphatic rings. The number of benzene rings is 1. The predicted octanol–water partition coefficient (Wildman–Crippen LogP) is 5.08. The zero-order valence-corrected chi connectivity index (χ0v) is 12.2. The fourth-order valence-corrected chi connectivity index (χ4v) is 2.47. The van der Waals surface area contributed by atoms with Crippen LogP contribution in [0.1, 0.15) is 70.3 Å². The molecule has 0 aromatic heterocycles. The molecule has 0 amide bonds. The van der Waals surface area contributed by atoms with Crippen molar-refractivity contribution in [2.75, 3.05) is 0 Å². The number of hydrogen-bond donors (Lipinski definition) is 0. The third kappa shape index (κ3) is 5.91. The Balaban J connectivity index is 2.42. The van der Waals surface area contributed by atoms with Crippen LogP contribution in [0.25, 0.3) is 0 Å². The van der Waals surface area contributed by atoms with E-state index in [2.05, 4.69) is 26.0 Å². The van der Waals surface area contributed by atoms with Crippen LogP contribution in [0.4, 0.5) is 0 Å². The Morgan fingerprint density at radius 3 is 2.32 bits per heavy atom. The van der Waals surface area contributed by atoms with Gasteiger partial charge < -0.3 is 4.74 Å². The first-order chi connectivity index (χ1) is 9.31. The monoisotopic (exact) mass is 262 g/mol. The molecule has 0 saturated carbocycles. The van der Waals surface area contributed by atoms with E-state index in [0.29, 0.717) is 18.1 Å². The molecule has 19 heavy (non-hydrogen) atoms. The van der Waals surface area contributed by atoms with Gasteiger partial charge in [0.1, 0.15) is 5.75 Å². The Labute approximate surface area is 117 Å². The minimum absolute atomic E-state index is 0.472. The summed E-state index contributed by atoms with van der Waals surface area (Å²) >= 11 is 0. The molecule has 0 N–H and O–H groups in total. The summed E-state index contributed by atoms with van der Waals surface area (Å²) in [5.74, 6) is 1.25. The average molecular weight is 262 g/mol. The molecule has 1 aromatic carbocycles. The van der Waals surface area contributed by atoms with E-state index in [1.54, 1.807) is 0 Å². The molecule has 1 aromatic rings. The number of rotatable bonds is 10. The van der Waals surface area contributed by atoms with Gasteiger partial charge in [0.05, 0.1) is 0 Å². The summed E-state index contributed by atoms with van der Waals surface area (Å²) in [5, 5.41) is 0. The van der Waals surface area contributed by atoms with Crippen LogP contribution in [0.3, 0.4) is 0 Å². The molecule has 2 heteroatoms. The SMILES string of the molecule is CCCCCCCC(CC)c1ccc(OC=O)cc1. The van der Waals surface area contributed by atoms with Crippen LogP contribution >= 0.6 is 0 Å². The minimum Gasteiger partial charge on any atom is -0.429 e. The van der Waals surface area contributed by atoms with Crippen molar-refractivity contribution in [3.05, 3.63) is 29.8 Å². The smallest absolute Gasteiger partial charge is 0.298 e. The summed E-state index contributed by atoms with van der Waals surface area (Å²) in [7, 11) is 0. The normalized spacial score (nSPS) is 12.1. The lowest BCUT2D eigenvalue weighted by Crippen LogP contribution is -1.98. The molecular formula is C17H26O2. The van der Waals surface area contributed by atoms with E-state index < -0.39 is 0 Å². The van der Waals surface area contributed by atoms with Crippen molar-refractivity contribution in [3.63, 3.8) is 0 Å². The molecule has 0 saturated heterocycles. The highest BCUT2D eigenvalue weighted by molar-refractivity contribution is 5.45. The average Bonchev–Trinajstić information content (AvgIpc) is 2.44. The number of hydrogen-bond acceptors (Lipinski definition) is 2. The van der Waals surface area contributed by atoms with Gasteiger partial charge in [0, 0.05) is 0 Å². The van der Waals surface area contributed by atoms with Crippen LogP contribution in [-0.4, -0.2) is 6.47 Å². The van der Waals surface area contributed by atoms with Gasteiger partial charge in [-0.1, -0.05) is 58.1 Å². The maximum Gasteiger partial charge on any atom is 0.298 e. The van der Waals surface area contributed by atoms with Gasteiger partial charge in [-0.3, -0.25) is 4.79 Å². The third-order valence-corrected chi connectivity index (χ3v) is 3.68. The van der Waals surface area contributed by atoms with E-state index >= 15 is 0 Å². The van der Waals surface area contributed by atoms with Crippen molar-refractivity contribution in [1.29, 1.82) is 0 Å². The highest BCUT2D eigenvalue weighted by Gasteiger charge is 2.09.